The predicted octanol–water partition coefficient (Wildman–Crippen LogP) is 0.699. The van der Waals surface area contributed by atoms with Crippen molar-refractivity contribution in [3.63, 3.8) is 0 Å². The standard InChI is InChI=1S/C9H13NO2/c11-7(12)9(10-5-6-10)4-3-8(9)1-2-8/h1-6H2,(H,11,12). The van der Waals surface area contributed by atoms with Gasteiger partial charge in [-0.15, -0.1) is 0 Å². The fraction of sp³-hybridized carbons (Fsp3) is 0.889. The van der Waals surface area contributed by atoms with Gasteiger partial charge in [0, 0.05) is 13.1 Å². The van der Waals surface area contributed by atoms with Crippen molar-refractivity contribution in [1.29, 1.82) is 0 Å². The lowest BCUT2D eigenvalue weighted by atomic mass is 9.63. The van der Waals surface area contributed by atoms with Crippen molar-refractivity contribution in [3.05, 3.63) is 0 Å². The maximum absolute atomic E-state index is 11.2. The first-order chi connectivity index (χ1) is 5.71. The van der Waals surface area contributed by atoms with Crippen molar-refractivity contribution in [1.82, 2.24) is 4.90 Å². The lowest BCUT2D eigenvalue weighted by Crippen LogP contribution is -2.60. The Labute approximate surface area is 71.4 Å². The predicted molar refractivity (Wildman–Crippen MR) is 42.8 cm³/mol. The Kier molecular flexibility index (Phi) is 0.971. The van der Waals surface area contributed by atoms with Gasteiger partial charge < -0.3 is 5.11 Å². The zero-order valence-corrected chi connectivity index (χ0v) is 7.05. The highest BCUT2D eigenvalue weighted by Crippen LogP contribution is 2.69. The number of carboxylic acids is 1. The monoisotopic (exact) mass is 167 g/mol. The Morgan fingerprint density at radius 1 is 1.17 bits per heavy atom. The van der Waals surface area contributed by atoms with Crippen LogP contribution in [0.4, 0.5) is 0 Å². The van der Waals surface area contributed by atoms with Gasteiger partial charge in [-0.3, -0.25) is 9.69 Å². The molecule has 1 atom stereocenters. The number of rotatable bonds is 2. The van der Waals surface area contributed by atoms with Crippen LogP contribution in [0.2, 0.25) is 0 Å². The molecule has 2 saturated carbocycles. The van der Waals surface area contributed by atoms with Crippen molar-refractivity contribution in [2.75, 3.05) is 13.1 Å². The first-order valence-electron chi connectivity index (χ1n) is 4.70. The summed E-state index contributed by atoms with van der Waals surface area (Å²) in [7, 11) is 0. The summed E-state index contributed by atoms with van der Waals surface area (Å²) >= 11 is 0. The van der Waals surface area contributed by atoms with Crippen molar-refractivity contribution < 1.29 is 9.90 Å². The van der Waals surface area contributed by atoms with Crippen LogP contribution in [-0.4, -0.2) is 34.6 Å². The lowest BCUT2D eigenvalue weighted by Gasteiger charge is -2.48. The molecule has 3 aliphatic rings. The molecule has 1 aliphatic heterocycles. The number of nitrogens with zero attached hydrogens (tertiary/aromatic N) is 1. The first-order valence-corrected chi connectivity index (χ1v) is 4.70. The second-order valence-corrected chi connectivity index (χ2v) is 4.43. The Hall–Kier alpha value is -0.570. The molecule has 0 amide bonds. The maximum atomic E-state index is 11.2. The third-order valence-electron chi connectivity index (χ3n) is 4.04. The zero-order valence-electron chi connectivity index (χ0n) is 7.05. The van der Waals surface area contributed by atoms with E-state index in [2.05, 4.69) is 4.90 Å². The summed E-state index contributed by atoms with van der Waals surface area (Å²) in [6.07, 6.45) is 4.34. The van der Waals surface area contributed by atoms with Crippen LogP contribution in [0.15, 0.2) is 0 Å². The Bertz CT molecular complexity index is 255. The van der Waals surface area contributed by atoms with Gasteiger partial charge in [-0.2, -0.15) is 0 Å². The third kappa shape index (κ3) is 0.534. The van der Waals surface area contributed by atoms with Crippen molar-refractivity contribution in [2.45, 2.75) is 31.2 Å². The number of hydrogen-bond donors (Lipinski definition) is 1. The Balaban J connectivity index is 1.97. The molecular formula is C9H13NO2. The van der Waals surface area contributed by atoms with Crippen molar-refractivity contribution in [3.8, 4) is 0 Å². The molecule has 0 radical (unpaired) electrons. The quantitative estimate of drug-likeness (QED) is 0.615. The van der Waals surface area contributed by atoms with Gasteiger partial charge in [0.2, 0.25) is 0 Å². The molecular weight excluding hydrogens is 154 g/mol. The minimum absolute atomic E-state index is 0.218. The van der Waals surface area contributed by atoms with E-state index >= 15 is 0 Å². The molecule has 1 saturated heterocycles. The van der Waals surface area contributed by atoms with E-state index in [4.69, 9.17) is 0 Å². The molecule has 3 nitrogen and oxygen atoms in total. The van der Waals surface area contributed by atoms with E-state index in [0.29, 0.717) is 0 Å². The van der Waals surface area contributed by atoms with Crippen LogP contribution in [0.5, 0.6) is 0 Å². The minimum atomic E-state index is -0.566. The van der Waals surface area contributed by atoms with E-state index in [1.165, 1.54) is 0 Å². The van der Waals surface area contributed by atoms with Gasteiger partial charge in [-0.05, 0) is 31.1 Å². The fourth-order valence-electron chi connectivity index (χ4n) is 2.92. The number of carboxylic acid groups (broad SMARTS) is 1. The molecule has 0 aromatic rings. The van der Waals surface area contributed by atoms with Crippen LogP contribution in [0, 0.1) is 5.41 Å². The van der Waals surface area contributed by atoms with Crippen LogP contribution in [0.25, 0.3) is 0 Å². The Morgan fingerprint density at radius 3 is 2.00 bits per heavy atom. The molecule has 2 aliphatic carbocycles. The normalized spacial score (nSPS) is 42.3. The summed E-state index contributed by atoms with van der Waals surface area (Å²) in [6.45, 7) is 2.02. The highest BCUT2D eigenvalue weighted by Gasteiger charge is 2.73. The highest BCUT2D eigenvalue weighted by atomic mass is 16.4. The molecule has 12 heavy (non-hydrogen) atoms. The molecule has 0 aromatic carbocycles. The van der Waals surface area contributed by atoms with Crippen LogP contribution in [-0.2, 0) is 4.79 Å². The SMILES string of the molecule is O=C(O)C1(N2CC2)CCC12CC2. The molecule has 66 valence electrons. The summed E-state index contributed by atoms with van der Waals surface area (Å²) in [5.74, 6) is -0.566. The molecule has 3 rings (SSSR count). The molecule has 0 bridgehead atoms. The van der Waals surface area contributed by atoms with Crippen LogP contribution in [0.3, 0.4) is 0 Å². The topological polar surface area (TPSA) is 40.3 Å². The van der Waals surface area contributed by atoms with E-state index in [-0.39, 0.29) is 5.41 Å². The second kappa shape index (κ2) is 1.69. The first kappa shape index (κ1) is 6.89. The fourth-order valence-corrected chi connectivity index (χ4v) is 2.92. The number of hydrogen-bond acceptors (Lipinski definition) is 2. The average molecular weight is 167 g/mol. The molecule has 1 spiro atoms. The van der Waals surface area contributed by atoms with E-state index < -0.39 is 11.5 Å². The van der Waals surface area contributed by atoms with E-state index in [1.54, 1.807) is 0 Å². The second-order valence-electron chi connectivity index (χ2n) is 4.43. The smallest absolute Gasteiger partial charge is 0.324 e. The van der Waals surface area contributed by atoms with Crippen LogP contribution >= 0.6 is 0 Å². The largest absolute Gasteiger partial charge is 0.480 e. The van der Waals surface area contributed by atoms with Gasteiger partial charge in [-0.1, -0.05) is 0 Å². The van der Waals surface area contributed by atoms with Gasteiger partial charge in [0.25, 0.3) is 0 Å². The molecule has 3 heteroatoms. The molecule has 0 aromatic heterocycles. The Morgan fingerprint density at radius 2 is 1.75 bits per heavy atom. The molecule has 1 unspecified atom stereocenters. The number of carbonyl (C=O) groups is 1. The van der Waals surface area contributed by atoms with Gasteiger partial charge in [0.05, 0.1) is 0 Å². The summed E-state index contributed by atoms with van der Waals surface area (Å²) in [6, 6.07) is 0. The summed E-state index contributed by atoms with van der Waals surface area (Å²) in [5, 5.41) is 9.23. The molecule has 1 N–H and O–H groups in total. The zero-order chi connectivity index (χ0) is 8.40. The highest BCUT2D eigenvalue weighted by molar-refractivity contribution is 5.83. The number of aliphatic carboxylic acids is 1. The third-order valence-corrected chi connectivity index (χ3v) is 4.04. The van der Waals surface area contributed by atoms with Gasteiger partial charge >= 0.3 is 5.97 Å². The van der Waals surface area contributed by atoms with Crippen LogP contribution < -0.4 is 0 Å². The average Bonchev–Trinajstić information content (AvgIpc) is 2.82. The minimum Gasteiger partial charge on any atom is -0.480 e. The van der Waals surface area contributed by atoms with Gasteiger partial charge in [0.1, 0.15) is 5.54 Å². The lowest BCUT2D eigenvalue weighted by molar-refractivity contribution is -0.161. The van der Waals surface area contributed by atoms with Crippen LogP contribution in [0.1, 0.15) is 25.7 Å². The molecule has 3 fully saturated rings. The van der Waals surface area contributed by atoms with E-state index in [1.807, 2.05) is 0 Å². The molecule has 1 heterocycles. The van der Waals surface area contributed by atoms with Gasteiger partial charge in [-0.25, -0.2) is 0 Å². The van der Waals surface area contributed by atoms with E-state index in [0.717, 1.165) is 38.8 Å². The van der Waals surface area contributed by atoms with Crippen molar-refractivity contribution in [2.24, 2.45) is 5.41 Å². The van der Waals surface area contributed by atoms with E-state index in [9.17, 15) is 9.90 Å². The summed E-state index contributed by atoms with van der Waals surface area (Å²) < 4.78 is 0. The summed E-state index contributed by atoms with van der Waals surface area (Å²) in [5.41, 5.74) is -0.192. The summed E-state index contributed by atoms with van der Waals surface area (Å²) in [4.78, 5) is 13.3. The van der Waals surface area contributed by atoms with Crippen molar-refractivity contribution >= 4 is 5.97 Å². The van der Waals surface area contributed by atoms with Gasteiger partial charge in [0.15, 0.2) is 0 Å². The maximum Gasteiger partial charge on any atom is 0.324 e.